The molecule has 2 aromatic carbocycles. The molecular formula is C17H18FNO. The average Bonchev–Trinajstić information content (AvgIpc) is 2.83. The third kappa shape index (κ3) is 2.74. The van der Waals surface area contributed by atoms with E-state index in [1.165, 1.54) is 17.7 Å². The summed E-state index contributed by atoms with van der Waals surface area (Å²) in [6, 6.07) is 16.4. The van der Waals surface area contributed by atoms with Gasteiger partial charge in [0.1, 0.15) is 11.4 Å². The molecule has 0 saturated carbocycles. The van der Waals surface area contributed by atoms with Crippen molar-refractivity contribution in [3.8, 4) is 0 Å². The molecule has 0 unspecified atom stereocenters. The number of hydrogen-bond acceptors (Lipinski definition) is 2. The van der Waals surface area contributed by atoms with Gasteiger partial charge in [0.2, 0.25) is 0 Å². The van der Waals surface area contributed by atoms with Gasteiger partial charge in [0.25, 0.3) is 0 Å². The molecule has 0 spiro atoms. The fourth-order valence-corrected chi connectivity index (χ4v) is 2.84. The van der Waals surface area contributed by atoms with Crippen LogP contribution in [0.4, 0.5) is 4.39 Å². The number of benzene rings is 2. The monoisotopic (exact) mass is 271 g/mol. The zero-order chi connectivity index (χ0) is 14.0. The summed E-state index contributed by atoms with van der Waals surface area (Å²) in [6.07, 6.45) is 0.686. The zero-order valence-electron chi connectivity index (χ0n) is 11.3. The fourth-order valence-electron chi connectivity index (χ4n) is 2.84. The molecule has 20 heavy (non-hydrogen) atoms. The van der Waals surface area contributed by atoms with Crippen molar-refractivity contribution in [3.63, 3.8) is 0 Å². The SMILES string of the molecule is O[C@]1(c2ccc(F)cc2)CCN(Cc2ccccc2)C1. The van der Waals surface area contributed by atoms with Crippen LogP contribution in [-0.2, 0) is 12.1 Å². The molecule has 104 valence electrons. The van der Waals surface area contributed by atoms with E-state index in [-0.39, 0.29) is 5.82 Å². The van der Waals surface area contributed by atoms with Crippen molar-refractivity contribution in [2.75, 3.05) is 13.1 Å². The highest BCUT2D eigenvalue weighted by atomic mass is 19.1. The van der Waals surface area contributed by atoms with Crippen LogP contribution in [0.2, 0.25) is 0 Å². The lowest BCUT2D eigenvalue weighted by Gasteiger charge is -2.24. The van der Waals surface area contributed by atoms with Crippen LogP contribution < -0.4 is 0 Å². The summed E-state index contributed by atoms with van der Waals surface area (Å²) in [7, 11) is 0. The predicted octanol–water partition coefficient (Wildman–Crippen LogP) is 2.92. The molecule has 1 aliphatic rings. The first-order chi connectivity index (χ1) is 9.66. The van der Waals surface area contributed by atoms with Crippen LogP contribution >= 0.6 is 0 Å². The number of hydrogen-bond donors (Lipinski definition) is 1. The Bertz CT molecular complexity index is 569. The minimum absolute atomic E-state index is 0.267. The summed E-state index contributed by atoms with van der Waals surface area (Å²) in [5.74, 6) is -0.267. The maximum atomic E-state index is 13.0. The van der Waals surface area contributed by atoms with E-state index < -0.39 is 5.60 Å². The molecule has 3 rings (SSSR count). The van der Waals surface area contributed by atoms with E-state index in [1.807, 2.05) is 18.2 Å². The van der Waals surface area contributed by atoms with E-state index in [0.717, 1.165) is 18.7 Å². The highest BCUT2D eigenvalue weighted by Gasteiger charge is 2.37. The number of nitrogens with zero attached hydrogens (tertiary/aromatic N) is 1. The largest absolute Gasteiger partial charge is 0.384 e. The molecule has 1 atom stereocenters. The van der Waals surface area contributed by atoms with Crippen molar-refractivity contribution in [1.82, 2.24) is 4.90 Å². The Kier molecular flexibility index (Phi) is 3.55. The van der Waals surface area contributed by atoms with Gasteiger partial charge in [-0.25, -0.2) is 4.39 Å². The number of likely N-dealkylation sites (tertiary alicyclic amines) is 1. The summed E-state index contributed by atoms with van der Waals surface area (Å²) in [5, 5.41) is 10.7. The van der Waals surface area contributed by atoms with Gasteiger partial charge in [-0.3, -0.25) is 4.90 Å². The van der Waals surface area contributed by atoms with Gasteiger partial charge in [-0.2, -0.15) is 0 Å². The maximum Gasteiger partial charge on any atom is 0.123 e. The van der Waals surface area contributed by atoms with E-state index in [2.05, 4.69) is 17.0 Å². The molecule has 2 nitrogen and oxygen atoms in total. The molecule has 1 N–H and O–H groups in total. The second-order valence-corrected chi connectivity index (χ2v) is 5.48. The van der Waals surface area contributed by atoms with Crippen LogP contribution in [0.15, 0.2) is 54.6 Å². The van der Waals surface area contributed by atoms with Gasteiger partial charge in [0, 0.05) is 19.6 Å². The highest BCUT2D eigenvalue weighted by molar-refractivity contribution is 5.25. The summed E-state index contributed by atoms with van der Waals surface area (Å²) in [5.41, 5.74) is 1.19. The lowest BCUT2D eigenvalue weighted by molar-refractivity contribution is 0.0452. The Hall–Kier alpha value is -1.71. The van der Waals surface area contributed by atoms with Crippen LogP contribution in [0.5, 0.6) is 0 Å². The van der Waals surface area contributed by atoms with E-state index in [1.54, 1.807) is 12.1 Å². The van der Waals surface area contributed by atoms with Gasteiger partial charge in [-0.1, -0.05) is 42.5 Å². The number of halogens is 1. The minimum Gasteiger partial charge on any atom is -0.384 e. The van der Waals surface area contributed by atoms with Gasteiger partial charge < -0.3 is 5.11 Å². The molecule has 1 heterocycles. The summed E-state index contributed by atoms with van der Waals surface area (Å²) < 4.78 is 13.0. The first-order valence-electron chi connectivity index (χ1n) is 6.90. The summed E-state index contributed by atoms with van der Waals surface area (Å²) in [4.78, 5) is 2.23. The smallest absolute Gasteiger partial charge is 0.123 e. The topological polar surface area (TPSA) is 23.5 Å². The maximum absolute atomic E-state index is 13.0. The molecule has 0 radical (unpaired) electrons. The van der Waals surface area contributed by atoms with Crippen molar-refractivity contribution in [1.29, 1.82) is 0 Å². The van der Waals surface area contributed by atoms with Crippen LogP contribution in [0.25, 0.3) is 0 Å². The number of β-amino-alcohol motifs (C(OH)–C–C–N with tert-alkyl or cyclic N) is 1. The molecule has 0 amide bonds. The molecular weight excluding hydrogens is 253 g/mol. The molecule has 0 bridgehead atoms. The van der Waals surface area contributed by atoms with Gasteiger partial charge in [-0.05, 0) is 29.7 Å². The normalized spacial score (nSPS) is 23.1. The Morgan fingerprint density at radius 3 is 2.45 bits per heavy atom. The van der Waals surface area contributed by atoms with Crippen molar-refractivity contribution >= 4 is 0 Å². The predicted molar refractivity (Wildman–Crippen MR) is 76.6 cm³/mol. The Labute approximate surface area is 118 Å². The molecule has 3 heteroatoms. The average molecular weight is 271 g/mol. The van der Waals surface area contributed by atoms with E-state index >= 15 is 0 Å². The molecule has 2 aromatic rings. The second-order valence-electron chi connectivity index (χ2n) is 5.48. The van der Waals surface area contributed by atoms with Gasteiger partial charge in [0.15, 0.2) is 0 Å². The lowest BCUT2D eigenvalue weighted by Crippen LogP contribution is -2.30. The zero-order valence-corrected chi connectivity index (χ0v) is 11.3. The Balaban J connectivity index is 1.71. The fraction of sp³-hybridized carbons (Fsp3) is 0.294. The minimum atomic E-state index is -0.859. The summed E-state index contributed by atoms with van der Waals surface area (Å²) in [6.45, 7) is 2.28. The van der Waals surface area contributed by atoms with Crippen LogP contribution in [0.3, 0.4) is 0 Å². The van der Waals surface area contributed by atoms with E-state index in [9.17, 15) is 9.50 Å². The van der Waals surface area contributed by atoms with E-state index in [0.29, 0.717) is 13.0 Å². The first kappa shape index (κ1) is 13.3. The first-order valence-corrected chi connectivity index (χ1v) is 6.90. The van der Waals surface area contributed by atoms with Crippen molar-refractivity contribution in [3.05, 3.63) is 71.5 Å². The quantitative estimate of drug-likeness (QED) is 0.928. The van der Waals surface area contributed by atoms with Gasteiger partial charge in [-0.15, -0.1) is 0 Å². The number of rotatable bonds is 3. The van der Waals surface area contributed by atoms with Crippen LogP contribution in [-0.4, -0.2) is 23.1 Å². The molecule has 1 saturated heterocycles. The van der Waals surface area contributed by atoms with Crippen molar-refractivity contribution in [2.45, 2.75) is 18.6 Å². The second kappa shape index (κ2) is 5.35. The van der Waals surface area contributed by atoms with Crippen molar-refractivity contribution < 1.29 is 9.50 Å². The van der Waals surface area contributed by atoms with Crippen LogP contribution in [0, 0.1) is 5.82 Å². The Morgan fingerprint density at radius 1 is 1.05 bits per heavy atom. The molecule has 1 fully saturated rings. The van der Waals surface area contributed by atoms with E-state index in [4.69, 9.17) is 0 Å². The molecule has 0 aromatic heterocycles. The molecule has 1 aliphatic heterocycles. The molecule has 0 aliphatic carbocycles. The standard InChI is InChI=1S/C17H18FNO/c18-16-8-6-15(7-9-16)17(20)10-11-19(13-17)12-14-4-2-1-3-5-14/h1-9,20H,10-13H2/t17-/m1/s1. The van der Waals surface area contributed by atoms with Gasteiger partial charge in [0.05, 0.1) is 0 Å². The third-order valence-corrected chi connectivity index (χ3v) is 3.96. The van der Waals surface area contributed by atoms with Crippen molar-refractivity contribution in [2.24, 2.45) is 0 Å². The Morgan fingerprint density at radius 2 is 1.75 bits per heavy atom. The highest BCUT2D eigenvalue weighted by Crippen LogP contribution is 2.32. The summed E-state index contributed by atoms with van der Waals surface area (Å²) >= 11 is 0. The van der Waals surface area contributed by atoms with Gasteiger partial charge >= 0.3 is 0 Å². The van der Waals surface area contributed by atoms with Crippen LogP contribution in [0.1, 0.15) is 17.5 Å². The number of aliphatic hydroxyl groups is 1. The third-order valence-electron chi connectivity index (χ3n) is 3.96. The lowest BCUT2D eigenvalue weighted by atomic mass is 9.93.